The van der Waals surface area contributed by atoms with E-state index in [1.807, 2.05) is 18.2 Å². The summed E-state index contributed by atoms with van der Waals surface area (Å²) >= 11 is 0. The van der Waals surface area contributed by atoms with Gasteiger partial charge in [-0.15, -0.1) is 0 Å². The van der Waals surface area contributed by atoms with Gasteiger partial charge in [-0.2, -0.15) is 0 Å². The van der Waals surface area contributed by atoms with E-state index in [4.69, 9.17) is 5.73 Å². The average molecular weight is 290 g/mol. The van der Waals surface area contributed by atoms with Gasteiger partial charge in [0.05, 0.1) is 0 Å². The molecule has 1 unspecified atom stereocenters. The third-order valence-electron chi connectivity index (χ3n) is 4.50. The summed E-state index contributed by atoms with van der Waals surface area (Å²) in [5, 5.41) is 3.60. The highest BCUT2D eigenvalue weighted by atomic mass is 15.3. The SMILES string of the molecule is CC(C)C(CNCc1ccccc1N)N1CCN(C)CC1. The molecule has 0 radical (unpaired) electrons. The van der Waals surface area contributed by atoms with Gasteiger partial charge < -0.3 is 16.0 Å². The molecule has 1 aromatic rings. The van der Waals surface area contributed by atoms with Crippen LogP contribution in [0.25, 0.3) is 0 Å². The third-order valence-corrected chi connectivity index (χ3v) is 4.50. The maximum atomic E-state index is 6.00. The van der Waals surface area contributed by atoms with Crippen molar-refractivity contribution < 1.29 is 0 Å². The molecule has 1 saturated heterocycles. The lowest BCUT2D eigenvalue weighted by Gasteiger charge is -2.40. The lowest BCUT2D eigenvalue weighted by atomic mass is 10.0. The van der Waals surface area contributed by atoms with E-state index < -0.39 is 0 Å². The van der Waals surface area contributed by atoms with Gasteiger partial charge in [0.2, 0.25) is 0 Å². The van der Waals surface area contributed by atoms with Crippen LogP contribution in [0.4, 0.5) is 5.69 Å². The fourth-order valence-corrected chi connectivity index (χ4v) is 2.99. The summed E-state index contributed by atoms with van der Waals surface area (Å²) in [6.45, 7) is 11.2. The molecule has 118 valence electrons. The first-order valence-electron chi connectivity index (χ1n) is 8.04. The van der Waals surface area contributed by atoms with Gasteiger partial charge in [-0.3, -0.25) is 4.90 Å². The van der Waals surface area contributed by atoms with Crippen molar-refractivity contribution in [1.29, 1.82) is 0 Å². The van der Waals surface area contributed by atoms with Crippen molar-refractivity contribution in [2.75, 3.05) is 45.5 Å². The van der Waals surface area contributed by atoms with Crippen LogP contribution in [0.15, 0.2) is 24.3 Å². The Hall–Kier alpha value is -1.10. The molecule has 1 aliphatic heterocycles. The number of anilines is 1. The molecule has 0 amide bonds. The summed E-state index contributed by atoms with van der Waals surface area (Å²) in [6, 6.07) is 8.71. The zero-order valence-electron chi connectivity index (χ0n) is 13.7. The number of nitrogens with two attached hydrogens (primary N) is 1. The lowest BCUT2D eigenvalue weighted by Crippen LogP contribution is -2.53. The van der Waals surface area contributed by atoms with E-state index >= 15 is 0 Å². The Balaban J connectivity index is 1.84. The van der Waals surface area contributed by atoms with Crippen LogP contribution in [0.5, 0.6) is 0 Å². The molecule has 1 aliphatic rings. The van der Waals surface area contributed by atoms with Gasteiger partial charge in [0.15, 0.2) is 0 Å². The lowest BCUT2D eigenvalue weighted by molar-refractivity contribution is 0.0875. The normalized spacial score (nSPS) is 19.0. The Kier molecular flexibility index (Phi) is 6.03. The molecule has 3 N–H and O–H groups in total. The van der Waals surface area contributed by atoms with Crippen molar-refractivity contribution in [3.63, 3.8) is 0 Å². The molecule has 0 bridgehead atoms. The fourth-order valence-electron chi connectivity index (χ4n) is 2.99. The number of nitrogens with one attached hydrogen (secondary N) is 1. The Morgan fingerprint density at radius 3 is 2.43 bits per heavy atom. The zero-order valence-corrected chi connectivity index (χ0v) is 13.7. The molecule has 0 saturated carbocycles. The molecule has 0 aromatic heterocycles. The van der Waals surface area contributed by atoms with E-state index in [0.717, 1.165) is 18.8 Å². The third kappa shape index (κ3) is 4.70. The smallest absolute Gasteiger partial charge is 0.0359 e. The molecule has 1 aromatic carbocycles. The molecule has 21 heavy (non-hydrogen) atoms. The molecule has 4 nitrogen and oxygen atoms in total. The predicted molar refractivity (Wildman–Crippen MR) is 90.3 cm³/mol. The number of likely N-dealkylation sites (N-methyl/N-ethyl adjacent to an activating group) is 1. The van der Waals surface area contributed by atoms with Gasteiger partial charge in [0, 0.05) is 51.0 Å². The van der Waals surface area contributed by atoms with Crippen LogP contribution in [0, 0.1) is 5.92 Å². The van der Waals surface area contributed by atoms with Gasteiger partial charge in [0.25, 0.3) is 0 Å². The van der Waals surface area contributed by atoms with E-state index in [9.17, 15) is 0 Å². The van der Waals surface area contributed by atoms with Crippen LogP contribution >= 0.6 is 0 Å². The minimum Gasteiger partial charge on any atom is -0.398 e. The Bertz CT molecular complexity index is 425. The highest BCUT2D eigenvalue weighted by molar-refractivity contribution is 5.46. The van der Waals surface area contributed by atoms with Gasteiger partial charge in [-0.1, -0.05) is 32.0 Å². The number of hydrogen-bond donors (Lipinski definition) is 2. The Morgan fingerprint density at radius 2 is 1.81 bits per heavy atom. The number of hydrogen-bond acceptors (Lipinski definition) is 4. The van der Waals surface area contributed by atoms with Gasteiger partial charge in [-0.25, -0.2) is 0 Å². The van der Waals surface area contributed by atoms with Crippen molar-refractivity contribution >= 4 is 5.69 Å². The van der Waals surface area contributed by atoms with Crippen LogP contribution in [-0.2, 0) is 6.54 Å². The number of nitrogen functional groups attached to an aromatic ring is 1. The quantitative estimate of drug-likeness (QED) is 0.782. The number of rotatable bonds is 6. The Labute approximate surface area is 129 Å². The largest absolute Gasteiger partial charge is 0.398 e. The van der Waals surface area contributed by atoms with Crippen molar-refractivity contribution in [3.8, 4) is 0 Å². The molecule has 4 heteroatoms. The van der Waals surface area contributed by atoms with Crippen molar-refractivity contribution in [2.24, 2.45) is 5.92 Å². The number of benzene rings is 1. The zero-order chi connectivity index (χ0) is 15.2. The maximum Gasteiger partial charge on any atom is 0.0359 e. The molecule has 1 atom stereocenters. The molecule has 2 rings (SSSR count). The van der Waals surface area contributed by atoms with E-state index in [0.29, 0.717) is 12.0 Å². The van der Waals surface area contributed by atoms with E-state index in [1.54, 1.807) is 0 Å². The van der Waals surface area contributed by atoms with Crippen LogP contribution in [0.2, 0.25) is 0 Å². The monoisotopic (exact) mass is 290 g/mol. The van der Waals surface area contributed by atoms with E-state index in [2.05, 4.69) is 42.1 Å². The maximum absolute atomic E-state index is 6.00. The van der Waals surface area contributed by atoms with Gasteiger partial charge in [-0.05, 0) is 24.6 Å². The first-order valence-corrected chi connectivity index (χ1v) is 8.04. The first-order chi connectivity index (χ1) is 10.1. The van der Waals surface area contributed by atoms with Crippen LogP contribution in [-0.4, -0.2) is 55.6 Å². The second kappa shape index (κ2) is 7.78. The van der Waals surface area contributed by atoms with Crippen LogP contribution in [0.3, 0.4) is 0 Å². The van der Waals surface area contributed by atoms with Crippen molar-refractivity contribution in [3.05, 3.63) is 29.8 Å². The summed E-state index contributed by atoms with van der Waals surface area (Å²) in [4.78, 5) is 5.04. The predicted octanol–water partition coefficient (Wildman–Crippen LogP) is 1.63. The molecule has 0 aliphatic carbocycles. The average Bonchev–Trinajstić information content (AvgIpc) is 2.46. The summed E-state index contributed by atoms with van der Waals surface area (Å²) in [5.41, 5.74) is 8.07. The second-order valence-corrected chi connectivity index (χ2v) is 6.48. The molecule has 1 heterocycles. The molecular formula is C17H30N4. The topological polar surface area (TPSA) is 44.5 Å². The summed E-state index contributed by atoms with van der Waals surface area (Å²) < 4.78 is 0. The highest BCUT2D eigenvalue weighted by Gasteiger charge is 2.24. The van der Waals surface area contributed by atoms with Crippen molar-refractivity contribution in [2.45, 2.75) is 26.4 Å². The highest BCUT2D eigenvalue weighted by Crippen LogP contribution is 2.14. The summed E-state index contributed by atoms with van der Waals surface area (Å²) in [6.07, 6.45) is 0. The van der Waals surface area contributed by atoms with Crippen molar-refractivity contribution in [1.82, 2.24) is 15.1 Å². The van der Waals surface area contributed by atoms with Gasteiger partial charge in [0.1, 0.15) is 0 Å². The number of nitrogens with zero attached hydrogens (tertiary/aromatic N) is 2. The number of para-hydroxylation sites is 1. The molecule has 1 fully saturated rings. The van der Waals surface area contributed by atoms with Gasteiger partial charge >= 0.3 is 0 Å². The number of piperazine rings is 1. The van der Waals surface area contributed by atoms with Crippen LogP contribution in [0.1, 0.15) is 19.4 Å². The van der Waals surface area contributed by atoms with E-state index in [1.165, 1.54) is 31.7 Å². The van der Waals surface area contributed by atoms with Crippen LogP contribution < -0.4 is 11.1 Å². The standard InChI is InChI=1S/C17H30N4/c1-14(2)17(21-10-8-20(3)9-11-21)13-19-12-15-6-4-5-7-16(15)18/h4-7,14,17,19H,8-13,18H2,1-3H3. The molecular weight excluding hydrogens is 260 g/mol. The minimum atomic E-state index is 0.601. The minimum absolute atomic E-state index is 0.601. The fraction of sp³-hybridized carbons (Fsp3) is 0.647. The Morgan fingerprint density at radius 1 is 1.14 bits per heavy atom. The van der Waals surface area contributed by atoms with E-state index in [-0.39, 0.29) is 0 Å². The summed E-state index contributed by atoms with van der Waals surface area (Å²) in [7, 11) is 2.21. The molecule has 0 spiro atoms. The second-order valence-electron chi connectivity index (χ2n) is 6.48. The summed E-state index contributed by atoms with van der Waals surface area (Å²) in [5.74, 6) is 0.661. The first kappa shape index (κ1) is 16.3.